The number of halogens is 1. The molecule has 5 rings (SSSR count). The molecule has 0 unspecified atom stereocenters. The molecule has 0 saturated carbocycles. The highest BCUT2D eigenvalue weighted by atomic mass is 19.1. The minimum Gasteiger partial charge on any atom is -0.364 e. The van der Waals surface area contributed by atoms with Crippen molar-refractivity contribution in [2.45, 2.75) is 26.3 Å². The van der Waals surface area contributed by atoms with Crippen LogP contribution in [0, 0.1) is 18.7 Å². The number of fused-ring (bicyclic) bond motifs is 1. The molecule has 0 bridgehead atoms. The molecule has 1 amide bonds. The van der Waals surface area contributed by atoms with Crippen LogP contribution < -0.4 is 10.9 Å². The Kier molecular flexibility index (Phi) is 6.69. The zero-order valence-electron chi connectivity index (χ0n) is 20.5. The first kappa shape index (κ1) is 23.9. The first-order valence-electron chi connectivity index (χ1n) is 12.2. The van der Waals surface area contributed by atoms with Gasteiger partial charge in [-0.25, -0.2) is 4.39 Å². The van der Waals surface area contributed by atoms with Crippen molar-refractivity contribution in [2.24, 2.45) is 5.92 Å². The Balaban J connectivity index is 1.33. The molecule has 3 heterocycles. The van der Waals surface area contributed by atoms with E-state index >= 15 is 0 Å². The molecule has 2 aromatic heterocycles. The highest BCUT2D eigenvalue weighted by Gasteiger charge is 2.18. The Bertz CT molecular complexity index is 1470. The van der Waals surface area contributed by atoms with Crippen molar-refractivity contribution in [2.75, 3.05) is 26.7 Å². The Morgan fingerprint density at radius 2 is 1.97 bits per heavy atom. The number of aryl methyl sites for hydroxylation is 1. The van der Waals surface area contributed by atoms with E-state index < -0.39 is 5.82 Å². The van der Waals surface area contributed by atoms with Crippen molar-refractivity contribution in [1.29, 1.82) is 0 Å². The zero-order chi connectivity index (χ0) is 25.2. The van der Waals surface area contributed by atoms with Crippen LogP contribution in [-0.4, -0.2) is 47.2 Å². The maximum atomic E-state index is 14.4. The summed E-state index contributed by atoms with van der Waals surface area (Å²) in [7, 11) is 2.10. The molecule has 4 aromatic rings. The van der Waals surface area contributed by atoms with E-state index in [-0.39, 0.29) is 23.6 Å². The number of likely N-dealkylation sites (tertiary alicyclic amines) is 1. The van der Waals surface area contributed by atoms with E-state index in [2.05, 4.69) is 22.4 Å². The standard InChI is InChI=1S/C28H29FN4O3/c1-18-26(17-36-31-18)21-3-4-25-22(13-21)7-10-33(28(25)35)16-20-11-23(14-24(29)12-20)27(34)30-15-19-5-8-32(2)9-6-19/h3-4,7,10-14,17,19H,5-6,8-9,15-16H2,1-2H3,(H,30,34). The number of hydrogen-bond acceptors (Lipinski definition) is 5. The molecule has 7 nitrogen and oxygen atoms in total. The summed E-state index contributed by atoms with van der Waals surface area (Å²) in [6.07, 6.45) is 5.36. The number of carbonyl (C=O) groups excluding carboxylic acids is 1. The second-order valence-electron chi connectivity index (χ2n) is 9.67. The van der Waals surface area contributed by atoms with Crippen LogP contribution in [0.25, 0.3) is 21.9 Å². The number of aromatic nitrogens is 2. The number of carbonyl (C=O) groups is 1. The molecule has 1 N–H and O–H groups in total. The summed E-state index contributed by atoms with van der Waals surface area (Å²) in [4.78, 5) is 28.2. The van der Waals surface area contributed by atoms with Crippen LogP contribution in [0.4, 0.5) is 4.39 Å². The van der Waals surface area contributed by atoms with Gasteiger partial charge in [0.2, 0.25) is 0 Å². The lowest BCUT2D eigenvalue weighted by molar-refractivity contribution is 0.0938. The average molecular weight is 489 g/mol. The maximum Gasteiger partial charge on any atom is 0.258 e. The van der Waals surface area contributed by atoms with Gasteiger partial charge in [-0.1, -0.05) is 11.2 Å². The van der Waals surface area contributed by atoms with Crippen LogP contribution in [-0.2, 0) is 6.54 Å². The third-order valence-corrected chi connectivity index (χ3v) is 7.00. The quantitative estimate of drug-likeness (QED) is 0.440. The van der Waals surface area contributed by atoms with Gasteiger partial charge in [0.15, 0.2) is 0 Å². The lowest BCUT2D eigenvalue weighted by Crippen LogP contribution is -2.36. The Hall–Kier alpha value is -3.78. The topological polar surface area (TPSA) is 80.4 Å². The summed E-state index contributed by atoms with van der Waals surface area (Å²) in [5.74, 6) is -0.361. The fourth-order valence-electron chi connectivity index (χ4n) is 4.82. The van der Waals surface area contributed by atoms with Crippen LogP contribution >= 0.6 is 0 Å². The molecule has 0 atom stereocenters. The Labute approximate surface area is 208 Å². The van der Waals surface area contributed by atoms with E-state index in [0.29, 0.717) is 23.4 Å². The van der Waals surface area contributed by atoms with E-state index in [1.807, 2.05) is 25.1 Å². The molecular formula is C28H29FN4O3. The molecule has 1 aliphatic rings. The summed E-state index contributed by atoms with van der Waals surface area (Å²) in [6, 6.07) is 11.7. The van der Waals surface area contributed by atoms with Crippen LogP contribution in [0.5, 0.6) is 0 Å². The molecule has 0 spiro atoms. The van der Waals surface area contributed by atoms with Crippen molar-refractivity contribution in [3.63, 3.8) is 0 Å². The second kappa shape index (κ2) is 10.1. The molecule has 0 radical (unpaired) electrons. The molecule has 186 valence electrons. The van der Waals surface area contributed by atoms with Crippen LogP contribution in [0.1, 0.15) is 34.5 Å². The van der Waals surface area contributed by atoms with Gasteiger partial charge in [-0.05, 0) is 98.7 Å². The summed E-state index contributed by atoms with van der Waals surface area (Å²) in [6.45, 7) is 4.65. The molecule has 1 fully saturated rings. The molecule has 2 aromatic carbocycles. The van der Waals surface area contributed by atoms with Crippen LogP contribution in [0.15, 0.2) is 64.2 Å². The van der Waals surface area contributed by atoms with Crippen LogP contribution in [0.2, 0.25) is 0 Å². The third kappa shape index (κ3) is 5.09. The van der Waals surface area contributed by atoms with Crippen molar-refractivity contribution in [3.8, 4) is 11.1 Å². The molecular weight excluding hydrogens is 459 g/mol. The summed E-state index contributed by atoms with van der Waals surface area (Å²) < 4.78 is 21.0. The van der Waals surface area contributed by atoms with Crippen molar-refractivity contribution < 1.29 is 13.7 Å². The molecule has 36 heavy (non-hydrogen) atoms. The highest BCUT2D eigenvalue weighted by Crippen LogP contribution is 2.25. The van der Waals surface area contributed by atoms with E-state index in [4.69, 9.17) is 4.52 Å². The van der Waals surface area contributed by atoms with Gasteiger partial charge in [0.25, 0.3) is 11.5 Å². The van der Waals surface area contributed by atoms with Crippen molar-refractivity contribution in [3.05, 3.63) is 87.9 Å². The third-order valence-electron chi connectivity index (χ3n) is 7.00. The average Bonchev–Trinajstić information content (AvgIpc) is 3.30. The van der Waals surface area contributed by atoms with Gasteiger partial charge in [0.05, 0.1) is 12.2 Å². The highest BCUT2D eigenvalue weighted by molar-refractivity contribution is 5.94. The number of amides is 1. The Morgan fingerprint density at radius 1 is 1.17 bits per heavy atom. The van der Waals surface area contributed by atoms with Gasteiger partial charge in [0, 0.05) is 29.3 Å². The minimum absolute atomic E-state index is 0.161. The van der Waals surface area contributed by atoms with E-state index in [1.54, 1.807) is 24.6 Å². The number of rotatable bonds is 6. The molecule has 1 saturated heterocycles. The summed E-state index contributed by atoms with van der Waals surface area (Å²) >= 11 is 0. The molecule has 8 heteroatoms. The number of benzene rings is 2. The fraction of sp³-hybridized carbons (Fsp3) is 0.321. The predicted octanol–water partition coefficient (Wildman–Crippen LogP) is 4.22. The SMILES string of the molecule is Cc1nocc1-c1ccc2c(=O)n(Cc3cc(F)cc(C(=O)NCC4CCN(C)CC4)c3)ccc2c1. The lowest BCUT2D eigenvalue weighted by Gasteiger charge is -2.28. The molecule has 1 aliphatic heterocycles. The minimum atomic E-state index is -0.500. The Morgan fingerprint density at radius 3 is 2.72 bits per heavy atom. The van der Waals surface area contributed by atoms with Gasteiger partial charge in [-0.2, -0.15) is 0 Å². The normalized spacial score (nSPS) is 14.9. The second-order valence-corrected chi connectivity index (χ2v) is 9.67. The summed E-state index contributed by atoms with van der Waals surface area (Å²) in [5.41, 5.74) is 3.21. The maximum absolute atomic E-state index is 14.4. The zero-order valence-corrected chi connectivity index (χ0v) is 20.5. The summed E-state index contributed by atoms with van der Waals surface area (Å²) in [5, 5.41) is 8.22. The number of pyridine rings is 1. The number of nitrogens with one attached hydrogen (secondary N) is 1. The number of piperidine rings is 1. The predicted molar refractivity (Wildman–Crippen MR) is 136 cm³/mol. The van der Waals surface area contributed by atoms with E-state index in [0.717, 1.165) is 48.1 Å². The van der Waals surface area contributed by atoms with Gasteiger partial charge in [-0.15, -0.1) is 0 Å². The molecule has 0 aliphatic carbocycles. The number of nitrogens with zero attached hydrogens (tertiary/aromatic N) is 3. The van der Waals surface area contributed by atoms with Crippen molar-refractivity contribution >= 4 is 16.7 Å². The van der Waals surface area contributed by atoms with Crippen molar-refractivity contribution in [1.82, 2.24) is 19.9 Å². The van der Waals surface area contributed by atoms with E-state index in [9.17, 15) is 14.0 Å². The first-order valence-corrected chi connectivity index (χ1v) is 12.2. The number of hydrogen-bond donors (Lipinski definition) is 1. The lowest BCUT2D eigenvalue weighted by atomic mass is 9.97. The smallest absolute Gasteiger partial charge is 0.258 e. The largest absolute Gasteiger partial charge is 0.364 e. The van der Waals surface area contributed by atoms with E-state index in [1.165, 1.54) is 16.7 Å². The van der Waals surface area contributed by atoms with Gasteiger partial charge in [-0.3, -0.25) is 9.59 Å². The van der Waals surface area contributed by atoms with Gasteiger partial charge >= 0.3 is 0 Å². The monoisotopic (exact) mass is 488 g/mol. The van der Waals surface area contributed by atoms with Gasteiger partial charge in [0.1, 0.15) is 12.1 Å². The van der Waals surface area contributed by atoms with Crippen LogP contribution in [0.3, 0.4) is 0 Å². The van der Waals surface area contributed by atoms with Gasteiger partial charge < -0.3 is 19.3 Å². The first-order chi connectivity index (χ1) is 17.4. The fourth-order valence-corrected chi connectivity index (χ4v) is 4.82.